The third-order valence-electron chi connectivity index (χ3n) is 3.73. The van der Waals surface area contributed by atoms with Crippen molar-refractivity contribution in [2.75, 3.05) is 13.2 Å². The lowest BCUT2D eigenvalue weighted by atomic mass is 10.2. The molecular weight excluding hydrogens is 382 g/mol. The largest absolute Gasteiger partial charge is 0.489 e. The lowest BCUT2D eigenvalue weighted by Gasteiger charge is -2.19. The van der Waals surface area contributed by atoms with Crippen molar-refractivity contribution in [2.45, 2.75) is 46.0 Å². The smallest absolute Gasteiger partial charge is 0.408 e. The van der Waals surface area contributed by atoms with E-state index >= 15 is 0 Å². The first-order chi connectivity index (χ1) is 14.3. The minimum absolute atomic E-state index is 0.123. The Kier molecular flexibility index (Phi) is 8.57. The Morgan fingerprint density at radius 3 is 2.57 bits per heavy atom. The lowest BCUT2D eigenvalue weighted by molar-refractivity contribution is 0.0535. The maximum absolute atomic E-state index is 11.7. The Morgan fingerprint density at radius 2 is 1.90 bits per heavy atom. The van der Waals surface area contributed by atoms with Gasteiger partial charge in [0.15, 0.2) is 0 Å². The second-order valence-corrected chi connectivity index (χ2v) is 7.70. The molecule has 0 aromatic heterocycles. The molecule has 6 heteroatoms. The summed E-state index contributed by atoms with van der Waals surface area (Å²) in [5, 5.41) is 11.9. The lowest BCUT2D eigenvalue weighted by Crippen LogP contribution is -2.32. The van der Waals surface area contributed by atoms with Crippen LogP contribution in [-0.2, 0) is 11.3 Å². The van der Waals surface area contributed by atoms with E-state index in [1.54, 1.807) is 39.8 Å². The summed E-state index contributed by atoms with van der Waals surface area (Å²) >= 11 is 0. The quantitative estimate of drug-likeness (QED) is 0.676. The van der Waals surface area contributed by atoms with Gasteiger partial charge >= 0.3 is 6.09 Å². The number of hydrogen-bond acceptors (Lipinski definition) is 5. The average molecular weight is 411 g/mol. The molecule has 1 amide bonds. The summed E-state index contributed by atoms with van der Waals surface area (Å²) in [6, 6.07) is 15.2. The van der Waals surface area contributed by atoms with Gasteiger partial charge < -0.3 is 24.6 Å². The Hall–Kier alpha value is -3.17. The number of carbonyl (C=O) groups is 1. The van der Waals surface area contributed by atoms with Gasteiger partial charge in [-0.2, -0.15) is 0 Å². The molecule has 0 saturated carbocycles. The monoisotopic (exact) mass is 411 g/mol. The molecule has 0 radical (unpaired) electrons. The summed E-state index contributed by atoms with van der Waals surface area (Å²) in [6.45, 7) is 7.60. The first-order valence-corrected chi connectivity index (χ1v) is 9.81. The first-order valence-electron chi connectivity index (χ1n) is 9.81. The molecule has 0 aliphatic carbocycles. The number of alkyl carbamates (subject to hydrolysis) is 1. The van der Waals surface area contributed by atoms with E-state index in [-0.39, 0.29) is 13.2 Å². The standard InChI is InChI=1S/C24H29NO5/c1-18(16-26)29-22-15-21(28-17-19-9-6-5-7-10-19)13-12-20(22)11-8-14-25-23(27)30-24(2,3)4/h5-7,9-10,12-13,15,18,26H,14,16-17H2,1-4H3,(H,25,27)/t18-/m1/s1. The van der Waals surface area contributed by atoms with Crippen molar-refractivity contribution in [3.8, 4) is 23.3 Å². The van der Waals surface area contributed by atoms with Crippen LogP contribution in [0.4, 0.5) is 4.79 Å². The van der Waals surface area contributed by atoms with Crippen LogP contribution in [0.1, 0.15) is 38.8 Å². The van der Waals surface area contributed by atoms with Gasteiger partial charge in [0.25, 0.3) is 0 Å². The summed E-state index contributed by atoms with van der Waals surface area (Å²) in [6.07, 6.45) is -0.915. The van der Waals surface area contributed by atoms with Gasteiger partial charge in [-0.05, 0) is 45.4 Å². The number of benzene rings is 2. The van der Waals surface area contributed by atoms with E-state index in [2.05, 4.69) is 17.2 Å². The minimum atomic E-state index is -0.561. The van der Waals surface area contributed by atoms with Gasteiger partial charge in [0.1, 0.15) is 29.8 Å². The van der Waals surface area contributed by atoms with Gasteiger partial charge in [0, 0.05) is 6.07 Å². The zero-order chi connectivity index (χ0) is 22.0. The fourth-order valence-corrected chi connectivity index (χ4v) is 2.36. The van der Waals surface area contributed by atoms with Crippen LogP contribution in [0.15, 0.2) is 48.5 Å². The van der Waals surface area contributed by atoms with Crippen LogP contribution in [0.2, 0.25) is 0 Å². The predicted octanol–water partition coefficient (Wildman–Crippen LogP) is 3.90. The molecule has 2 rings (SSSR count). The highest BCUT2D eigenvalue weighted by Crippen LogP contribution is 2.26. The third-order valence-corrected chi connectivity index (χ3v) is 3.73. The van der Waals surface area contributed by atoms with Gasteiger partial charge in [0.05, 0.1) is 18.7 Å². The van der Waals surface area contributed by atoms with Crippen molar-refractivity contribution in [2.24, 2.45) is 0 Å². The SMILES string of the molecule is C[C@H](CO)Oc1cc(OCc2ccccc2)ccc1C#CCNC(=O)OC(C)(C)C. The van der Waals surface area contributed by atoms with Crippen LogP contribution in [-0.4, -0.2) is 36.1 Å². The van der Waals surface area contributed by atoms with Crippen LogP contribution >= 0.6 is 0 Å². The van der Waals surface area contributed by atoms with E-state index in [0.717, 1.165) is 5.56 Å². The number of amides is 1. The van der Waals surface area contributed by atoms with Crippen LogP contribution < -0.4 is 14.8 Å². The van der Waals surface area contributed by atoms with Crippen molar-refractivity contribution >= 4 is 6.09 Å². The van der Waals surface area contributed by atoms with Crippen molar-refractivity contribution in [3.05, 3.63) is 59.7 Å². The minimum Gasteiger partial charge on any atom is -0.489 e. The van der Waals surface area contributed by atoms with E-state index in [0.29, 0.717) is 23.7 Å². The van der Waals surface area contributed by atoms with E-state index in [4.69, 9.17) is 14.2 Å². The number of aliphatic hydroxyl groups excluding tert-OH is 1. The van der Waals surface area contributed by atoms with E-state index in [9.17, 15) is 9.90 Å². The average Bonchev–Trinajstić information content (AvgIpc) is 2.70. The van der Waals surface area contributed by atoms with Gasteiger partial charge in [-0.3, -0.25) is 0 Å². The molecule has 2 aromatic rings. The number of nitrogens with one attached hydrogen (secondary N) is 1. The first kappa shape index (κ1) is 23.1. The van der Waals surface area contributed by atoms with Crippen molar-refractivity contribution in [1.29, 1.82) is 0 Å². The molecule has 0 saturated heterocycles. The highest BCUT2D eigenvalue weighted by molar-refractivity contribution is 5.68. The summed E-state index contributed by atoms with van der Waals surface area (Å²) in [5.41, 5.74) is 1.13. The summed E-state index contributed by atoms with van der Waals surface area (Å²) in [5.74, 6) is 7.00. The fraction of sp³-hybridized carbons (Fsp3) is 0.375. The van der Waals surface area contributed by atoms with Gasteiger partial charge in [-0.25, -0.2) is 4.79 Å². The van der Waals surface area contributed by atoms with Crippen LogP contribution in [0, 0.1) is 11.8 Å². The van der Waals surface area contributed by atoms with Gasteiger partial charge in [-0.15, -0.1) is 0 Å². The Balaban J connectivity index is 2.05. The van der Waals surface area contributed by atoms with Gasteiger partial charge in [0.2, 0.25) is 0 Å². The third kappa shape index (κ3) is 8.46. The zero-order valence-electron chi connectivity index (χ0n) is 17.9. The second-order valence-electron chi connectivity index (χ2n) is 7.70. The van der Waals surface area contributed by atoms with Crippen LogP contribution in [0.3, 0.4) is 0 Å². The van der Waals surface area contributed by atoms with Crippen molar-refractivity contribution < 1.29 is 24.1 Å². The molecule has 0 bridgehead atoms. The highest BCUT2D eigenvalue weighted by Gasteiger charge is 2.15. The zero-order valence-corrected chi connectivity index (χ0v) is 17.9. The van der Waals surface area contributed by atoms with Crippen molar-refractivity contribution in [1.82, 2.24) is 5.32 Å². The summed E-state index contributed by atoms with van der Waals surface area (Å²) in [4.78, 5) is 11.7. The number of hydrogen-bond donors (Lipinski definition) is 2. The van der Waals surface area contributed by atoms with Crippen LogP contribution in [0.25, 0.3) is 0 Å². The molecule has 1 atom stereocenters. The molecule has 160 valence electrons. The number of aliphatic hydroxyl groups is 1. The second kappa shape index (κ2) is 11.1. The fourth-order valence-electron chi connectivity index (χ4n) is 2.36. The van der Waals surface area contributed by atoms with Gasteiger partial charge in [-0.1, -0.05) is 42.2 Å². The number of ether oxygens (including phenoxy) is 3. The molecule has 0 spiro atoms. The molecule has 6 nitrogen and oxygen atoms in total. The Labute approximate surface area is 178 Å². The molecule has 30 heavy (non-hydrogen) atoms. The van der Waals surface area contributed by atoms with E-state index in [1.165, 1.54) is 0 Å². The predicted molar refractivity (Wildman–Crippen MR) is 116 cm³/mol. The van der Waals surface area contributed by atoms with E-state index < -0.39 is 17.8 Å². The summed E-state index contributed by atoms with van der Waals surface area (Å²) < 4.78 is 16.8. The molecular formula is C24H29NO5. The molecule has 0 unspecified atom stereocenters. The Bertz CT molecular complexity index is 878. The Morgan fingerprint density at radius 1 is 1.17 bits per heavy atom. The van der Waals surface area contributed by atoms with Crippen molar-refractivity contribution in [3.63, 3.8) is 0 Å². The normalized spacial score (nSPS) is 11.6. The van der Waals surface area contributed by atoms with E-state index in [1.807, 2.05) is 36.4 Å². The molecule has 0 aliphatic heterocycles. The molecule has 0 aliphatic rings. The topological polar surface area (TPSA) is 77.0 Å². The maximum atomic E-state index is 11.7. The molecule has 2 aromatic carbocycles. The van der Waals surface area contributed by atoms with Crippen LogP contribution in [0.5, 0.6) is 11.5 Å². The molecule has 0 fully saturated rings. The maximum Gasteiger partial charge on any atom is 0.408 e. The number of carbonyl (C=O) groups excluding carboxylic acids is 1. The molecule has 2 N–H and O–H groups in total. The summed E-state index contributed by atoms with van der Waals surface area (Å²) in [7, 11) is 0. The molecule has 0 heterocycles. The highest BCUT2D eigenvalue weighted by atomic mass is 16.6. The number of rotatable bonds is 7.